The predicted octanol–water partition coefficient (Wildman–Crippen LogP) is 3.72. The molecular formula is C21H29N3O3. The van der Waals surface area contributed by atoms with E-state index in [1.54, 1.807) is 6.92 Å². The first-order valence-electron chi connectivity index (χ1n) is 9.75. The summed E-state index contributed by atoms with van der Waals surface area (Å²) in [5.41, 5.74) is 2.44. The quantitative estimate of drug-likeness (QED) is 0.801. The van der Waals surface area contributed by atoms with Gasteiger partial charge in [-0.05, 0) is 43.4 Å². The maximum Gasteiger partial charge on any atom is 0.341 e. The SMILES string of the molecule is CC1=NC(=O)NC(c2ccc(N(C)C)cc2)C1C(=O)OCC1CCCCC1. The van der Waals surface area contributed by atoms with E-state index in [4.69, 9.17) is 4.74 Å². The Morgan fingerprint density at radius 3 is 2.48 bits per heavy atom. The first kappa shape index (κ1) is 19.4. The van der Waals surface area contributed by atoms with E-state index in [1.165, 1.54) is 19.3 Å². The standard InChI is InChI=1S/C21H29N3O3/c1-14-18(20(25)27-13-15-7-5-4-6-8-15)19(23-21(26)22-14)16-9-11-17(12-10-16)24(2)3/h9-12,15,18-19H,4-8,13H2,1-3H3,(H,23,26). The third-order valence-electron chi connectivity index (χ3n) is 5.55. The Labute approximate surface area is 161 Å². The summed E-state index contributed by atoms with van der Waals surface area (Å²) in [5.74, 6) is -0.434. The molecule has 3 rings (SSSR count). The molecule has 1 heterocycles. The number of benzene rings is 1. The van der Waals surface area contributed by atoms with Crippen molar-refractivity contribution in [2.75, 3.05) is 25.6 Å². The molecule has 0 radical (unpaired) electrons. The fourth-order valence-corrected chi connectivity index (χ4v) is 3.93. The van der Waals surface area contributed by atoms with Crippen LogP contribution in [-0.2, 0) is 9.53 Å². The number of aliphatic imine (C=N–C) groups is 1. The number of amides is 2. The van der Waals surface area contributed by atoms with Gasteiger partial charge >= 0.3 is 12.0 Å². The van der Waals surface area contributed by atoms with Crippen LogP contribution < -0.4 is 10.2 Å². The summed E-state index contributed by atoms with van der Waals surface area (Å²) in [5, 5.41) is 2.84. The van der Waals surface area contributed by atoms with Gasteiger partial charge in [-0.3, -0.25) is 4.79 Å². The fourth-order valence-electron chi connectivity index (χ4n) is 3.93. The molecule has 27 heavy (non-hydrogen) atoms. The smallest absolute Gasteiger partial charge is 0.341 e. The highest BCUT2D eigenvalue weighted by atomic mass is 16.5. The lowest BCUT2D eigenvalue weighted by molar-refractivity contribution is -0.148. The number of anilines is 1. The van der Waals surface area contributed by atoms with Crippen LogP contribution in [0.5, 0.6) is 0 Å². The minimum Gasteiger partial charge on any atom is -0.465 e. The van der Waals surface area contributed by atoms with Gasteiger partial charge in [0.05, 0.1) is 12.6 Å². The Balaban J connectivity index is 1.75. The van der Waals surface area contributed by atoms with Crippen LogP contribution in [0.4, 0.5) is 10.5 Å². The Morgan fingerprint density at radius 1 is 1.19 bits per heavy atom. The van der Waals surface area contributed by atoms with Crippen molar-refractivity contribution < 1.29 is 14.3 Å². The van der Waals surface area contributed by atoms with Crippen LogP contribution in [0.15, 0.2) is 29.3 Å². The number of carbonyl (C=O) groups excluding carboxylic acids is 2. The van der Waals surface area contributed by atoms with Crippen molar-refractivity contribution in [3.05, 3.63) is 29.8 Å². The lowest BCUT2D eigenvalue weighted by Crippen LogP contribution is -2.44. The van der Waals surface area contributed by atoms with E-state index in [-0.39, 0.29) is 5.97 Å². The molecule has 2 unspecified atom stereocenters. The van der Waals surface area contributed by atoms with Crippen molar-refractivity contribution in [2.24, 2.45) is 16.8 Å². The minimum atomic E-state index is -0.587. The topological polar surface area (TPSA) is 71.0 Å². The van der Waals surface area contributed by atoms with Crippen LogP contribution >= 0.6 is 0 Å². The molecule has 0 saturated heterocycles. The highest BCUT2D eigenvalue weighted by molar-refractivity contribution is 6.08. The summed E-state index contributed by atoms with van der Waals surface area (Å²) in [6, 6.07) is 6.98. The average molecular weight is 371 g/mol. The summed E-state index contributed by atoms with van der Waals surface area (Å²) in [7, 11) is 3.94. The summed E-state index contributed by atoms with van der Waals surface area (Å²) < 4.78 is 5.66. The van der Waals surface area contributed by atoms with Crippen LogP contribution in [0.25, 0.3) is 0 Å². The Hall–Kier alpha value is -2.37. The Bertz CT molecular complexity index is 706. The van der Waals surface area contributed by atoms with Crippen molar-refractivity contribution in [3.8, 4) is 0 Å². The van der Waals surface area contributed by atoms with Gasteiger partial charge in [0, 0.05) is 25.5 Å². The van der Waals surface area contributed by atoms with Gasteiger partial charge in [-0.2, -0.15) is 0 Å². The highest BCUT2D eigenvalue weighted by Crippen LogP contribution is 2.30. The van der Waals surface area contributed by atoms with E-state index in [1.807, 2.05) is 43.3 Å². The molecule has 1 aliphatic heterocycles. The number of rotatable bonds is 5. The molecule has 1 aromatic rings. The summed E-state index contributed by atoms with van der Waals surface area (Å²) >= 11 is 0. The number of urea groups is 1. The van der Waals surface area contributed by atoms with Crippen molar-refractivity contribution >= 4 is 23.4 Å². The van der Waals surface area contributed by atoms with Crippen molar-refractivity contribution in [2.45, 2.75) is 45.1 Å². The average Bonchev–Trinajstić information content (AvgIpc) is 2.66. The number of hydrogen-bond donors (Lipinski definition) is 1. The zero-order valence-electron chi connectivity index (χ0n) is 16.4. The van der Waals surface area contributed by atoms with Crippen LogP contribution in [0.3, 0.4) is 0 Å². The Kier molecular flexibility index (Phi) is 6.14. The molecule has 6 nitrogen and oxygen atoms in total. The van der Waals surface area contributed by atoms with Crippen LogP contribution in [0, 0.1) is 11.8 Å². The van der Waals surface area contributed by atoms with E-state index >= 15 is 0 Å². The molecule has 2 amide bonds. The van der Waals surface area contributed by atoms with Gasteiger partial charge in [0.1, 0.15) is 5.92 Å². The maximum absolute atomic E-state index is 12.9. The van der Waals surface area contributed by atoms with E-state index < -0.39 is 18.0 Å². The van der Waals surface area contributed by atoms with E-state index in [9.17, 15) is 9.59 Å². The molecular weight excluding hydrogens is 342 g/mol. The summed E-state index contributed by atoms with van der Waals surface area (Å²) in [4.78, 5) is 30.8. The molecule has 0 spiro atoms. The van der Waals surface area contributed by atoms with Gasteiger partial charge in [-0.15, -0.1) is 0 Å². The van der Waals surface area contributed by atoms with E-state index in [0.717, 1.165) is 24.1 Å². The second kappa shape index (κ2) is 8.55. The molecule has 2 aliphatic rings. The van der Waals surface area contributed by atoms with Gasteiger partial charge < -0.3 is 15.0 Å². The van der Waals surface area contributed by atoms with Gasteiger partial charge in [0.25, 0.3) is 0 Å². The molecule has 1 aromatic carbocycles. The van der Waals surface area contributed by atoms with Crippen molar-refractivity contribution in [1.29, 1.82) is 0 Å². The first-order valence-corrected chi connectivity index (χ1v) is 9.75. The molecule has 146 valence electrons. The van der Waals surface area contributed by atoms with E-state index in [2.05, 4.69) is 10.3 Å². The number of esters is 1. The monoisotopic (exact) mass is 371 g/mol. The molecule has 6 heteroatoms. The molecule has 0 bridgehead atoms. The van der Waals surface area contributed by atoms with Crippen LogP contribution in [-0.4, -0.2) is 38.4 Å². The minimum absolute atomic E-state index is 0.302. The third-order valence-corrected chi connectivity index (χ3v) is 5.55. The molecule has 1 fully saturated rings. The first-order chi connectivity index (χ1) is 13.0. The van der Waals surface area contributed by atoms with Crippen molar-refractivity contribution in [1.82, 2.24) is 5.32 Å². The largest absolute Gasteiger partial charge is 0.465 e. The fraction of sp³-hybridized carbons (Fsp3) is 0.571. The number of nitrogens with one attached hydrogen (secondary N) is 1. The molecule has 0 aromatic heterocycles. The number of nitrogens with zero attached hydrogens (tertiary/aromatic N) is 2. The lowest BCUT2D eigenvalue weighted by Gasteiger charge is -2.30. The van der Waals surface area contributed by atoms with Gasteiger partial charge in [0.2, 0.25) is 0 Å². The molecule has 1 aliphatic carbocycles. The third kappa shape index (κ3) is 4.67. The van der Waals surface area contributed by atoms with Crippen LogP contribution in [0.1, 0.15) is 50.6 Å². The number of hydrogen-bond acceptors (Lipinski definition) is 4. The lowest BCUT2D eigenvalue weighted by atomic mass is 9.87. The molecule has 2 atom stereocenters. The second-order valence-electron chi connectivity index (χ2n) is 7.78. The molecule has 1 saturated carbocycles. The van der Waals surface area contributed by atoms with Crippen LogP contribution in [0.2, 0.25) is 0 Å². The molecule has 1 N–H and O–H groups in total. The van der Waals surface area contributed by atoms with Crippen molar-refractivity contribution in [3.63, 3.8) is 0 Å². The zero-order chi connectivity index (χ0) is 19.4. The van der Waals surface area contributed by atoms with Gasteiger partial charge in [-0.25, -0.2) is 9.79 Å². The van der Waals surface area contributed by atoms with E-state index in [0.29, 0.717) is 18.2 Å². The zero-order valence-corrected chi connectivity index (χ0v) is 16.4. The summed E-state index contributed by atoms with van der Waals surface area (Å²) in [6.45, 7) is 2.19. The Morgan fingerprint density at radius 2 is 1.85 bits per heavy atom. The predicted molar refractivity (Wildman–Crippen MR) is 106 cm³/mol. The highest BCUT2D eigenvalue weighted by Gasteiger charge is 2.38. The van der Waals surface area contributed by atoms with Gasteiger partial charge in [-0.1, -0.05) is 31.4 Å². The number of ether oxygens (including phenoxy) is 1. The maximum atomic E-state index is 12.9. The number of carbonyl (C=O) groups is 2. The normalized spacial score (nSPS) is 23.4. The second-order valence-corrected chi connectivity index (χ2v) is 7.78. The van der Waals surface area contributed by atoms with Gasteiger partial charge in [0.15, 0.2) is 0 Å². The summed E-state index contributed by atoms with van der Waals surface area (Å²) in [6.07, 6.45) is 5.94.